The van der Waals surface area contributed by atoms with Crippen molar-refractivity contribution in [3.63, 3.8) is 0 Å². The van der Waals surface area contributed by atoms with Crippen molar-refractivity contribution >= 4 is 16.0 Å². The lowest BCUT2D eigenvalue weighted by Crippen LogP contribution is -2.64. The maximum atomic E-state index is 13.6. The van der Waals surface area contributed by atoms with Crippen LogP contribution in [-0.2, 0) is 36.3 Å². The number of carbonyl (C=O) groups excluding carboxylic acids is 1. The lowest BCUT2D eigenvalue weighted by Gasteiger charge is -2.48. The molecule has 3 aromatic carbocycles. The molecule has 9 nitrogen and oxygen atoms in total. The van der Waals surface area contributed by atoms with E-state index >= 15 is 0 Å². The van der Waals surface area contributed by atoms with Gasteiger partial charge in [-0.1, -0.05) is 42.5 Å². The zero-order valence-corrected chi connectivity index (χ0v) is 23.5. The second-order valence-corrected chi connectivity index (χ2v) is 12.2. The molecule has 0 unspecified atom stereocenters. The molecular formula is C30H34FN3O6S. The predicted octanol–water partition coefficient (Wildman–Crippen LogP) is 2.55. The average Bonchev–Trinajstić information content (AvgIpc) is 2.97. The SMILES string of the molecule is N[C@@H](Cc1cccc(S(=O)(=O)N2CC(Oc3ccc(F)cc3)(c3ccccc3)C2)c1)C(=O)OCCN1CCOCC1. The maximum Gasteiger partial charge on any atom is 0.323 e. The van der Waals surface area contributed by atoms with Gasteiger partial charge in [0.05, 0.1) is 31.2 Å². The zero-order chi connectivity index (χ0) is 28.9. The molecule has 2 aliphatic heterocycles. The van der Waals surface area contributed by atoms with Crippen molar-refractivity contribution in [2.24, 2.45) is 5.73 Å². The Bertz CT molecular complexity index is 1430. The van der Waals surface area contributed by atoms with E-state index in [1.54, 1.807) is 18.2 Å². The van der Waals surface area contributed by atoms with Crippen molar-refractivity contribution in [2.75, 3.05) is 52.5 Å². The first-order chi connectivity index (χ1) is 19.7. The van der Waals surface area contributed by atoms with E-state index in [1.807, 2.05) is 30.3 Å². The maximum absolute atomic E-state index is 13.6. The molecule has 2 fully saturated rings. The first-order valence-electron chi connectivity index (χ1n) is 13.6. The fourth-order valence-electron chi connectivity index (χ4n) is 5.00. The summed E-state index contributed by atoms with van der Waals surface area (Å²) >= 11 is 0. The van der Waals surface area contributed by atoms with E-state index in [9.17, 15) is 17.6 Å². The fourth-order valence-corrected chi connectivity index (χ4v) is 6.60. The van der Waals surface area contributed by atoms with Gasteiger partial charge in [-0.05, 0) is 53.9 Å². The zero-order valence-electron chi connectivity index (χ0n) is 22.7. The van der Waals surface area contributed by atoms with Crippen molar-refractivity contribution in [3.05, 3.63) is 95.8 Å². The van der Waals surface area contributed by atoms with Gasteiger partial charge in [-0.25, -0.2) is 12.8 Å². The quantitative estimate of drug-likeness (QED) is 0.343. The van der Waals surface area contributed by atoms with Crippen molar-refractivity contribution in [3.8, 4) is 5.75 Å². The van der Waals surface area contributed by atoms with Crippen LogP contribution in [-0.4, -0.2) is 82.2 Å². The molecule has 2 N–H and O–H groups in total. The van der Waals surface area contributed by atoms with E-state index in [1.165, 1.54) is 34.6 Å². The summed E-state index contributed by atoms with van der Waals surface area (Å²) in [6, 6.07) is 20.5. The molecule has 3 aromatic rings. The van der Waals surface area contributed by atoms with Crippen LogP contribution in [0, 0.1) is 5.82 Å². The van der Waals surface area contributed by atoms with Gasteiger partial charge in [-0.3, -0.25) is 9.69 Å². The first kappa shape index (κ1) is 29.2. The minimum atomic E-state index is -3.86. The van der Waals surface area contributed by atoms with Crippen LogP contribution in [0.25, 0.3) is 0 Å². The second kappa shape index (κ2) is 12.7. The molecule has 0 saturated carbocycles. The van der Waals surface area contributed by atoms with Crippen LogP contribution in [0.1, 0.15) is 11.1 Å². The number of carbonyl (C=O) groups is 1. The summed E-state index contributed by atoms with van der Waals surface area (Å²) in [5.74, 6) is -0.468. The molecule has 0 aliphatic carbocycles. The Balaban J connectivity index is 1.22. The Kier molecular flexibility index (Phi) is 9.00. The normalized spacial score (nSPS) is 18.3. The molecular weight excluding hydrogens is 549 g/mol. The van der Waals surface area contributed by atoms with E-state index in [-0.39, 0.29) is 36.8 Å². The van der Waals surface area contributed by atoms with E-state index < -0.39 is 27.6 Å². The molecule has 41 heavy (non-hydrogen) atoms. The smallest absolute Gasteiger partial charge is 0.323 e. The van der Waals surface area contributed by atoms with Gasteiger partial charge in [0.25, 0.3) is 0 Å². The highest BCUT2D eigenvalue weighted by Gasteiger charge is 2.52. The van der Waals surface area contributed by atoms with Crippen LogP contribution in [0.2, 0.25) is 0 Å². The number of hydrogen-bond acceptors (Lipinski definition) is 8. The third-order valence-electron chi connectivity index (χ3n) is 7.34. The van der Waals surface area contributed by atoms with Gasteiger partial charge in [-0.15, -0.1) is 0 Å². The molecule has 11 heteroatoms. The van der Waals surface area contributed by atoms with E-state index in [0.29, 0.717) is 31.1 Å². The third kappa shape index (κ3) is 6.94. The van der Waals surface area contributed by atoms with Crippen LogP contribution in [0.15, 0.2) is 83.8 Å². The number of nitrogens with two attached hydrogens (primary N) is 1. The molecule has 0 amide bonds. The van der Waals surface area contributed by atoms with Gasteiger partial charge in [0, 0.05) is 19.6 Å². The molecule has 0 spiro atoms. The molecule has 0 aromatic heterocycles. The lowest BCUT2D eigenvalue weighted by molar-refractivity contribution is -0.145. The number of hydrogen-bond donors (Lipinski definition) is 1. The topological polar surface area (TPSA) is 111 Å². The molecule has 2 aliphatic rings. The van der Waals surface area contributed by atoms with Crippen LogP contribution < -0.4 is 10.5 Å². The number of nitrogens with zero attached hydrogens (tertiary/aromatic N) is 2. The number of morpholine rings is 1. The monoisotopic (exact) mass is 583 g/mol. The molecule has 218 valence electrons. The van der Waals surface area contributed by atoms with Crippen molar-refractivity contribution in [1.29, 1.82) is 0 Å². The highest BCUT2D eigenvalue weighted by Crippen LogP contribution is 2.40. The second-order valence-electron chi connectivity index (χ2n) is 10.3. The highest BCUT2D eigenvalue weighted by atomic mass is 32.2. The standard InChI is InChI=1S/C30H34FN3O6S/c31-25-9-11-26(12-10-25)40-30(24-6-2-1-3-7-24)21-34(22-30)41(36,37)27-8-4-5-23(19-27)20-28(32)29(35)39-18-15-33-13-16-38-17-14-33/h1-12,19,28H,13-18,20-22,32H2/t28-/m0/s1. The van der Waals surface area contributed by atoms with Crippen LogP contribution in [0.4, 0.5) is 4.39 Å². The Morgan fingerprint density at radius 2 is 1.71 bits per heavy atom. The van der Waals surface area contributed by atoms with Crippen molar-refractivity contribution in [1.82, 2.24) is 9.21 Å². The minimum Gasteiger partial charge on any atom is -0.480 e. The van der Waals surface area contributed by atoms with Crippen molar-refractivity contribution in [2.45, 2.75) is 23.0 Å². The van der Waals surface area contributed by atoms with Gasteiger partial charge in [0.1, 0.15) is 24.2 Å². The Morgan fingerprint density at radius 3 is 2.41 bits per heavy atom. The molecule has 5 rings (SSSR count). The van der Waals surface area contributed by atoms with Gasteiger partial charge < -0.3 is 19.9 Å². The summed E-state index contributed by atoms with van der Waals surface area (Å²) in [5, 5.41) is 0. The number of halogens is 1. The van der Waals surface area contributed by atoms with Crippen LogP contribution in [0.5, 0.6) is 5.75 Å². The van der Waals surface area contributed by atoms with E-state index in [2.05, 4.69) is 4.90 Å². The van der Waals surface area contributed by atoms with Gasteiger partial charge >= 0.3 is 5.97 Å². The predicted molar refractivity (Wildman–Crippen MR) is 150 cm³/mol. The summed E-state index contributed by atoms with van der Waals surface area (Å²) in [4.78, 5) is 14.7. The van der Waals surface area contributed by atoms with Gasteiger partial charge in [0.15, 0.2) is 5.60 Å². The van der Waals surface area contributed by atoms with Crippen LogP contribution >= 0.6 is 0 Å². The Hall–Kier alpha value is -3.35. The molecule has 0 radical (unpaired) electrons. The summed E-state index contributed by atoms with van der Waals surface area (Å²) in [7, 11) is -3.86. The number of ether oxygens (including phenoxy) is 3. The number of benzene rings is 3. The average molecular weight is 584 g/mol. The summed E-state index contributed by atoms with van der Waals surface area (Å²) in [6.45, 7) is 3.93. The summed E-state index contributed by atoms with van der Waals surface area (Å²) in [5.41, 5.74) is 6.61. The molecule has 2 heterocycles. The fraction of sp³-hybridized carbons (Fsp3) is 0.367. The summed E-state index contributed by atoms with van der Waals surface area (Å²) < 4.78 is 58.9. The Morgan fingerprint density at radius 1 is 1.00 bits per heavy atom. The number of esters is 1. The lowest BCUT2D eigenvalue weighted by atomic mass is 9.87. The van der Waals surface area contributed by atoms with Crippen molar-refractivity contribution < 1.29 is 31.8 Å². The number of sulfonamides is 1. The first-order valence-corrected chi connectivity index (χ1v) is 15.0. The van der Waals surface area contributed by atoms with Gasteiger partial charge in [0.2, 0.25) is 10.0 Å². The van der Waals surface area contributed by atoms with Gasteiger partial charge in [-0.2, -0.15) is 4.31 Å². The summed E-state index contributed by atoms with van der Waals surface area (Å²) in [6.07, 6.45) is 0.140. The Labute approximate surface area is 239 Å². The number of rotatable bonds is 11. The van der Waals surface area contributed by atoms with E-state index in [4.69, 9.17) is 19.9 Å². The molecule has 0 bridgehead atoms. The molecule has 1 atom stereocenters. The largest absolute Gasteiger partial charge is 0.480 e. The van der Waals surface area contributed by atoms with Crippen LogP contribution in [0.3, 0.4) is 0 Å². The minimum absolute atomic E-state index is 0.0793. The third-order valence-corrected chi connectivity index (χ3v) is 9.13. The van der Waals surface area contributed by atoms with E-state index in [0.717, 1.165) is 18.7 Å². The highest BCUT2D eigenvalue weighted by molar-refractivity contribution is 7.89. The molecule has 2 saturated heterocycles.